The first kappa shape index (κ1) is 11.0. The van der Waals surface area contributed by atoms with Crippen molar-refractivity contribution >= 4 is 0 Å². The molecule has 16 heavy (non-hydrogen) atoms. The molecule has 0 spiro atoms. The molecule has 3 aliphatic rings. The standard InChI is InChI=1S/C13H25N3/c1-2-4-12-11(3-1)13(5-6-15-12)16-9-7-14-8-10-16/h11-15H,1-10H2. The van der Waals surface area contributed by atoms with Crippen LogP contribution in [0.15, 0.2) is 0 Å². The van der Waals surface area contributed by atoms with Crippen molar-refractivity contribution in [2.75, 3.05) is 32.7 Å². The third kappa shape index (κ3) is 2.13. The van der Waals surface area contributed by atoms with Gasteiger partial charge in [0, 0.05) is 38.3 Å². The van der Waals surface area contributed by atoms with Gasteiger partial charge in [0.2, 0.25) is 0 Å². The highest BCUT2D eigenvalue weighted by atomic mass is 15.2. The molecule has 3 rings (SSSR count). The topological polar surface area (TPSA) is 27.3 Å². The van der Waals surface area contributed by atoms with Crippen LogP contribution in [0.4, 0.5) is 0 Å². The second kappa shape index (κ2) is 5.03. The van der Waals surface area contributed by atoms with Crippen LogP contribution in [0.1, 0.15) is 32.1 Å². The van der Waals surface area contributed by atoms with Gasteiger partial charge in [0.15, 0.2) is 0 Å². The van der Waals surface area contributed by atoms with Crippen LogP contribution in [-0.2, 0) is 0 Å². The van der Waals surface area contributed by atoms with Crippen LogP contribution >= 0.6 is 0 Å². The number of hydrogen-bond donors (Lipinski definition) is 2. The molecule has 0 aromatic carbocycles. The Morgan fingerprint density at radius 1 is 0.875 bits per heavy atom. The van der Waals surface area contributed by atoms with E-state index in [1.807, 2.05) is 0 Å². The van der Waals surface area contributed by atoms with Crippen LogP contribution in [0, 0.1) is 5.92 Å². The molecule has 3 fully saturated rings. The van der Waals surface area contributed by atoms with E-state index in [-0.39, 0.29) is 0 Å². The normalized spacial score (nSPS) is 41.6. The van der Waals surface area contributed by atoms with Crippen LogP contribution in [0.2, 0.25) is 0 Å². The van der Waals surface area contributed by atoms with Crippen LogP contribution in [-0.4, -0.2) is 49.7 Å². The summed E-state index contributed by atoms with van der Waals surface area (Å²) in [7, 11) is 0. The van der Waals surface area contributed by atoms with Gasteiger partial charge < -0.3 is 10.6 Å². The molecule has 2 N–H and O–H groups in total. The summed E-state index contributed by atoms with van der Waals surface area (Å²) in [6, 6.07) is 1.72. The summed E-state index contributed by atoms with van der Waals surface area (Å²) in [5.41, 5.74) is 0. The van der Waals surface area contributed by atoms with E-state index in [0.717, 1.165) is 18.0 Å². The maximum Gasteiger partial charge on any atom is 0.0151 e. The lowest BCUT2D eigenvalue weighted by atomic mass is 9.75. The highest BCUT2D eigenvalue weighted by molar-refractivity contribution is 4.95. The number of fused-ring (bicyclic) bond motifs is 1. The Hall–Kier alpha value is -0.120. The SMILES string of the molecule is C1CCC2C(C1)NCCC2N1CCNCC1. The summed E-state index contributed by atoms with van der Waals surface area (Å²) in [6.07, 6.45) is 7.18. The third-order valence-electron chi connectivity index (χ3n) is 4.78. The molecule has 92 valence electrons. The molecule has 0 aromatic rings. The zero-order chi connectivity index (χ0) is 10.8. The van der Waals surface area contributed by atoms with Crippen LogP contribution in [0.3, 0.4) is 0 Å². The van der Waals surface area contributed by atoms with Crippen LogP contribution < -0.4 is 10.6 Å². The summed E-state index contributed by atoms with van der Waals surface area (Å²) >= 11 is 0. The van der Waals surface area contributed by atoms with Crippen molar-refractivity contribution in [1.29, 1.82) is 0 Å². The van der Waals surface area contributed by atoms with Gasteiger partial charge in [-0.15, -0.1) is 0 Å². The monoisotopic (exact) mass is 223 g/mol. The highest BCUT2D eigenvalue weighted by Gasteiger charge is 2.37. The Balaban J connectivity index is 1.67. The lowest BCUT2D eigenvalue weighted by Crippen LogP contribution is -2.59. The zero-order valence-electron chi connectivity index (χ0n) is 10.3. The van der Waals surface area contributed by atoms with Crippen molar-refractivity contribution in [3.05, 3.63) is 0 Å². The molecule has 3 heteroatoms. The molecule has 2 heterocycles. The minimum atomic E-state index is 0.836. The van der Waals surface area contributed by atoms with E-state index in [0.29, 0.717) is 0 Å². The number of hydrogen-bond acceptors (Lipinski definition) is 3. The second-order valence-corrected chi connectivity index (χ2v) is 5.65. The summed E-state index contributed by atoms with van der Waals surface area (Å²) < 4.78 is 0. The fourth-order valence-corrected chi connectivity index (χ4v) is 3.97. The number of nitrogens with one attached hydrogen (secondary N) is 2. The van der Waals surface area contributed by atoms with Gasteiger partial charge in [-0.1, -0.05) is 12.8 Å². The molecule has 3 nitrogen and oxygen atoms in total. The molecule has 1 aliphatic carbocycles. The maximum absolute atomic E-state index is 3.75. The van der Waals surface area contributed by atoms with Crippen molar-refractivity contribution in [1.82, 2.24) is 15.5 Å². The highest BCUT2D eigenvalue weighted by Crippen LogP contribution is 2.33. The summed E-state index contributed by atoms with van der Waals surface area (Å²) in [4.78, 5) is 2.76. The smallest absolute Gasteiger partial charge is 0.0151 e. The van der Waals surface area contributed by atoms with Gasteiger partial charge in [-0.05, 0) is 31.7 Å². The first-order valence-electron chi connectivity index (χ1n) is 7.13. The molecule has 0 amide bonds. The Kier molecular flexibility index (Phi) is 3.46. The number of piperidine rings is 1. The molecule has 0 radical (unpaired) electrons. The van der Waals surface area contributed by atoms with Crippen molar-refractivity contribution in [2.45, 2.75) is 44.2 Å². The Bertz CT molecular complexity index is 223. The van der Waals surface area contributed by atoms with Crippen molar-refractivity contribution in [3.63, 3.8) is 0 Å². The van der Waals surface area contributed by atoms with E-state index in [1.54, 1.807) is 0 Å². The minimum Gasteiger partial charge on any atom is -0.314 e. The summed E-state index contributed by atoms with van der Waals surface area (Å²) in [5, 5.41) is 7.22. The van der Waals surface area contributed by atoms with Gasteiger partial charge in [-0.2, -0.15) is 0 Å². The van der Waals surface area contributed by atoms with E-state index < -0.39 is 0 Å². The maximum atomic E-state index is 3.75. The minimum absolute atomic E-state index is 0.836. The molecule has 2 aliphatic heterocycles. The van der Waals surface area contributed by atoms with Gasteiger partial charge in [0.25, 0.3) is 0 Å². The fourth-order valence-electron chi connectivity index (χ4n) is 3.97. The largest absolute Gasteiger partial charge is 0.314 e. The van der Waals surface area contributed by atoms with E-state index in [9.17, 15) is 0 Å². The molecular weight excluding hydrogens is 198 g/mol. The van der Waals surface area contributed by atoms with Gasteiger partial charge in [0.05, 0.1) is 0 Å². The van der Waals surface area contributed by atoms with E-state index in [4.69, 9.17) is 0 Å². The molecule has 3 atom stereocenters. The summed E-state index contributed by atoms with van der Waals surface area (Å²) in [6.45, 7) is 6.18. The van der Waals surface area contributed by atoms with Crippen LogP contribution in [0.25, 0.3) is 0 Å². The molecule has 3 unspecified atom stereocenters. The lowest BCUT2D eigenvalue weighted by Gasteiger charge is -2.47. The Morgan fingerprint density at radius 3 is 2.56 bits per heavy atom. The van der Waals surface area contributed by atoms with E-state index in [1.165, 1.54) is 64.8 Å². The average molecular weight is 223 g/mol. The fraction of sp³-hybridized carbons (Fsp3) is 1.00. The second-order valence-electron chi connectivity index (χ2n) is 5.65. The molecule has 2 saturated heterocycles. The Morgan fingerprint density at radius 2 is 1.69 bits per heavy atom. The van der Waals surface area contributed by atoms with Gasteiger partial charge in [-0.3, -0.25) is 4.90 Å². The number of piperazine rings is 1. The molecular formula is C13H25N3. The number of nitrogens with zero attached hydrogens (tertiary/aromatic N) is 1. The third-order valence-corrected chi connectivity index (χ3v) is 4.78. The first-order valence-corrected chi connectivity index (χ1v) is 7.13. The zero-order valence-corrected chi connectivity index (χ0v) is 10.3. The predicted molar refractivity (Wildman–Crippen MR) is 66.6 cm³/mol. The van der Waals surface area contributed by atoms with Crippen molar-refractivity contribution < 1.29 is 0 Å². The van der Waals surface area contributed by atoms with Gasteiger partial charge >= 0.3 is 0 Å². The van der Waals surface area contributed by atoms with Gasteiger partial charge in [0.1, 0.15) is 0 Å². The molecule has 1 saturated carbocycles. The quantitative estimate of drug-likeness (QED) is 0.689. The predicted octanol–water partition coefficient (Wildman–Crippen LogP) is 0.812. The average Bonchev–Trinajstić information content (AvgIpc) is 2.39. The van der Waals surface area contributed by atoms with Crippen molar-refractivity contribution in [3.8, 4) is 0 Å². The van der Waals surface area contributed by atoms with E-state index >= 15 is 0 Å². The Labute approximate surface area is 99.0 Å². The van der Waals surface area contributed by atoms with Crippen LogP contribution in [0.5, 0.6) is 0 Å². The summed E-state index contributed by atoms with van der Waals surface area (Å²) in [5.74, 6) is 0.945. The number of rotatable bonds is 1. The van der Waals surface area contributed by atoms with Crippen molar-refractivity contribution in [2.24, 2.45) is 5.92 Å². The first-order chi connectivity index (χ1) is 7.95. The van der Waals surface area contributed by atoms with Gasteiger partial charge in [-0.25, -0.2) is 0 Å². The molecule has 0 bridgehead atoms. The lowest BCUT2D eigenvalue weighted by molar-refractivity contribution is 0.0545. The van der Waals surface area contributed by atoms with E-state index in [2.05, 4.69) is 15.5 Å². The molecule has 0 aromatic heterocycles.